The van der Waals surface area contributed by atoms with Gasteiger partial charge in [0.2, 0.25) is 0 Å². The lowest BCUT2D eigenvalue weighted by Crippen LogP contribution is -2.10. The fourth-order valence-corrected chi connectivity index (χ4v) is 2.70. The normalized spacial score (nSPS) is 11.2. The third kappa shape index (κ3) is 1.97. The molecule has 3 aromatic heterocycles. The van der Waals surface area contributed by atoms with Gasteiger partial charge in [0.25, 0.3) is 5.56 Å². The minimum atomic E-state index is -0.281. The van der Waals surface area contributed by atoms with Crippen LogP contribution < -0.4 is 10.3 Å². The summed E-state index contributed by atoms with van der Waals surface area (Å²) in [6.07, 6.45) is 1.58. The number of aromatic nitrogens is 5. The van der Waals surface area contributed by atoms with Gasteiger partial charge in [0.1, 0.15) is 11.3 Å². The molecular weight excluding hydrogens is 294 g/mol. The largest absolute Gasteiger partial charge is 0.497 e. The quantitative estimate of drug-likeness (QED) is 0.612. The second-order valence-corrected chi connectivity index (χ2v) is 5.16. The van der Waals surface area contributed by atoms with Crippen LogP contribution in [-0.2, 0) is 0 Å². The first-order valence-corrected chi connectivity index (χ1v) is 7.07. The van der Waals surface area contributed by atoms with Gasteiger partial charge < -0.3 is 9.72 Å². The summed E-state index contributed by atoms with van der Waals surface area (Å²) in [5.41, 5.74) is 3.91. The molecule has 3 heterocycles. The number of ether oxygens (including phenoxy) is 1. The SMILES string of the molecule is COc1ccc(-c2c(C)nn3c2nnc2c(=O)[nH]ccc23)cc1. The predicted molar refractivity (Wildman–Crippen MR) is 85.6 cm³/mol. The van der Waals surface area contributed by atoms with Crippen LogP contribution in [0.5, 0.6) is 5.75 Å². The number of aryl methyl sites for hydroxylation is 1. The van der Waals surface area contributed by atoms with Crippen molar-refractivity contribution in [1.29, 1.82) is 0 Å². The van der Waals surface area contributed by atoms with Crippen LogP contribution in [0.2, 0.25) is 0 Å². The van der Waals surface area contributed by atoms with E-state index in [0.717, 1.165) is 22.6 Å². The van der Waals surface area contributed by atoms with Gasteiger partial charge >= 0.3 is 0 Å². The van der Waals surface area contributed by atoms with Crippen LogP contribution in [0, 0.1) is 6.92 Å². The van der Waals surface area contributed by atoms with Crippen LogP contribution in [0.25, 0.3) is 27.8 Å². The minimum absolute atomic E-state index is 0.267. The second kappa shape index (κ2) is 4.91. The van der Waals surface area contributed by atoms with Crippen molar-refractivity contribution in [1.82, 2.24) is 24.8 Å². The third-order valence-corrected chi connectivity index (χ3v) is 3.80. The smallest absolute Gasteiger partial charge is 0.277 e. The van der Waals surface area contributed by atoms with Crippen molar-refractivity contribution in [3.63, 3.8) is 0 Å². The number of pyridine rings is 1. The summed E-state index contributed by atoms with van der Waals surface area (Å²) in [5.74, 6) is 0.783. The average molecular weight is 307 g/mol. The van der Waals surface area contributed by atoms with Gasteiger partial charge in [-0.1, -0.05) is 12.1 Å². The molecule has 0 spiro atoms. The number of aromatic amines is 1. The molecule has 1 N–H and O–H groups in total. The topological polar surface area (TPSA) is 85.2 Å². The molecule has 0 unspecified atom stereocenters. The number of hydrogen-bond acceptors (Lipinski definition) is 5. The molecule has 23 heavy (non-hydrogen) atoms. The van der Waals surface area contributed by atoms with E-state index < -0.39 is 0 Å². The van der Waals surface area contributed by atoms with E-state index in [4.69, 9.17) is 4.74 Å². The third-order valence-electron chi connectivity index (χ3n) is 3.80. The van der Waals surface area contributed by atoms with E-state index in [1.165, 1.54) is 0 Å². The highest BCUT2D eigenvalue weighted by Crippen LogP contribution is 2.29. The van der Waals surface area contributed by atoms with E-state index in [2.05, 4.69) is 20.3 Å². The number of H-pyrrole nitrogens is 1. The zero-order valence-corrected chi connectivity index (χ0v) is 12.6. The van der Waals surface area contributed by atoms with Crippen molar-refractivity contribution in [2.24, 2.45) is 0 Å². The van der Waals surface area contributed by atoms with Gasteiger partial charge in [-0.15, -0.1) is 10.2 Å². The first-order valence-electron chi connectivity index (χ1n) is 7.07. The Labute approximate surface area is 130 Å². The summed E-state index contributed by atoms with van der Waals surface area (Å²) >= 11 is 0. The van der Waals surface area contributed by atoms with Gasteiger partial charge in [0, 0.05) is 6.20 Å². The molecule has 0 fully saturated rings. The average Bonchev–Trinajstić information content (AvgIpc) is 2.92. The van der Waals surface area contributed by atoms with Crippen LogP contribution >= 0.6 is 0 Å². The molecule has 7 heteroatoms. The second-order valence-electron chi connectivity index (χ2n) is 5.16. The van der Waals surface area contributed by atoms with Gasteiger partial charge in [0.15, 0.2) is 11.2 Å². The molecule has 0 atom stereocenters. The maximum absolute atomic E-state index is 11.8. The fraction of sp³-hybridized carbons (Fsp3) is 0.125. The molecule has 7 nitrogen and oxygen atoms in total. The molecule has 0 bridgehead atoms. The molecule has 0 saturated heterocycles. The fourth-order valence-electron chi connectivity index (χ4n) is 2.70. The molecule has 0 amide bonds. The zero-order chi connectivity index (χ0) is 16.0. The summed E-state index contributed by atoms with van der Waals surface area (Å²) in [4.78, 5) is 14.4. The highest BCUT2D eigenvalue weighted by molar-refractivity contribution is 5.84. The Balaban J connectivity index is 2.04. The molecule has 0 aliphatic heterocycles. The van der Waals surface area contributed by atoms with Crippen molar-refractivity contribution in [3.05, 3.63) is 52.6 Å². The number of hydrogen-bond donors (Lipinski definition) is 1. The van der Waals surface area contributed by atoms with Gasteiger partial charge in [-0.2, -0.15) is 5.10 Å². The van der Waals surface area contributed by atoms with Crippen molar-refractivity contribution in [3.8, 4) is 16.9 Å². The zero-order valence-electron chi connectivity index (χ0n) is 12.6. The molecule has 114 valence electrons. The van der Waals surface area contributed by atoms with E-state index in [9.17, 15) is 4.79 Å². The Morgan fingerprint density at radius 3 is 2.65 bits per heavy atom. The number of rotatable bonds is 2. The minimum Gasteiger partial charge on any atom is -0.497 e. The molecule has 0 saturated carbocycles. The number of methoxy groups -OCH3 is 1. The molecule has 4 rings (SSSR count). The van der Waals surface area contributed by atoms with Crippen molar-refractivity contribution < 1.29 is 4.74 Å². The lowest BCUT2D eigenvalue weighted by atomic mass is 10.1. The highest BCUT2D eigenvalue weighted by atomic mass is 16.5. The first kappa shape index (κ1) is 13.4. The van der Waals surface area contributed by atoms with Crippen LogP contribution in [0.4, 0.5) is 0 Å². The molecule has 0 radical (unpaired) electrons. The standard InChI is InChI=1S/C16H13N5O2/c1-9-13(10-3-5-11(23-2)6-4-10)15-19-18-14-12(21(15)20-9)7-8-17-16(14)22/h3-8H,1-2H3,(H,17,22). The first-order chi connectivity index (χ1) is 11.2. The van der Waals surface area contributed by atoms with Gasteiger partial charge in [0.05, 0.1) is 18.4 Å². The van der Waals surface area contributed by atoms with E-state index in [1.807, 2.05) is 31.2 Å². The lowest BCUT2D eigenvalue weighted by Gasteiger charge is -2.03. The number of fused-ring (bicyclic) bond motifs is 3. The van der Waals surface area contributed by atoms with E-state index in [-0.39, 0.29) is 11.1 Å². The molecule has 0 aliphatic rings. The predicted octanol–water partition coefficient (Wildman–Crippen LogP) is 1.95. The number of nitrogens with zero attached hydrogens (tertiary/aromatic N) is 4. The van der Waals surface area contributed by atoms with Crippen molar-refractivity contribution >= 4 is 16.7 Å². The summed E-state index contributed by atoms with van der Waals surface area (Å²) in [6.45, 7) is 1.91. The van der Waals surface area contributed by atoms with Crippen LogP contribution in [0.1, 0.15) is 5.69 Å². The maximum atomic E-state index is 11.8. The number of benzene rings is 1. The van der Waals surface area contributed by atoms with E-state index in [0.29, 0.717) is 11.2 Å². The molecule has 0 aliphatic carbocycles. The molecular formula is C16H13N5O2. The Bertz CT molecular complexity index is 1080. The highest BCUT2D eigenvalue weighted by Gasteiger charge is 2.16. The van der Waals surface area contributed by atoms with Gasteiger partial charge in [-0.05, 0) is 30.7 Å². The van der Waals surface area contributed by atoms with E-state index >= 15 is 0 Å². The van der Waals surface area contributed by atoms with Crippen LogP contribution in [0.3, 0.4) is 0 Å². The lowest BCUT2D eigenvalue weighted by molar-refractivity contribution is 0.415. The van der Waals surface area contributed by atoms with E-state index in [1.54, 1.807) is 23.9 Å². The van der Waals surface area contributed by atoms with Crippen molar-refractivity contribution in [2.45, 2.75) is 6.92 Å². The maximum Gasteiger partial charge on any atom is 0.277 e. The van der Waals surface area contributed by atoms with Gasteiger partial charge in [-0.3, -0.25) is 4.79 Å². The summed E-state index contributed by atoms with van der Waals surface area (Å²) in [5, 5.41) is 12.8. The Kier molecular flexibility index (Phi) is 2.87. The van der Waals surface area contributed by atoms with Crippen LogP contribution in [0.15, 0.2) is 41.3 Å². The van der Waals surface area contributed by atoms with Gasteiger partial charge in [-0.25, -0.2) is 4.52 Å². The summed E-state index contributed by atoms with van der Waals surface area (Å²) < 4.78 is 6.85. The Hall–Kier alpha value is -3.22. The summed E-state index contributed by atoms with van der Waals surface area (Å²) in [6, 6.07) is 9.44. The Morgan fingerprint density at radius 2 is 1.91 bits per heavy atom. The Morgan fingerprint density at radius 1 is 1.13 bits per heavy atom. The monoisotopic (exact) mass is 307 g/mol. The summed E-state index contributed by atoms with van der Waals surface area (Å²) in [7, 11) is 1.63. The van der Waals surface area contributed by atoms with Crippen molar-refractivity contribution in [2.75, 3.05) is 7.11 Å². The van der Waals surface area contributed by atoms with Crippen LogP contribution in [-0.4, -0.2) is 31.9 Å². The molecule has 1 aromatic carbocycles. The molecule has 4 aromatic rings. The number of nitrogens with one attached hydrogen (secondary N) is 1.